The molecule has 1 aliphatic rings. The van der Waals surface area contributed by atoms with Crippen LogP contribution in [0.1, 0.15) is 60.3 Å². The Bertz CT molecular complexity index is 1750. The maximum atomic E-state index is 15.1. The molecule has 46 heavy (non-hydrogen) atoms. The van der Waals surface area contributed by atoms with Gasteiger partial charge in [0.1, 0.15) is 11.9 Å². The predicted octanol–water partition coefficient (Wildman–Crippen LogP) is 4.82. The maximum Gasteiger partial charge on any atom is 0.411 e. The molecule has 3 amide bonds. The van der Waals surface area contributed by atoms with Gasteiger partial charge in [-0.1, -0.05) is 6.07 Å². The molecule has 3 aromatic rings. The summed E-state index contributed by atoms with van der Waals surface area (Å²) < 4.78 is 57.6. The number of carbonyl (C=O) groups excluding carboxylic acids is 3. The lowest BCUT2D eigenvalue weighted by Gasteiger charge is -2.32. The first-order valence-electron chi connectivity index (χ1n) is 14.4. The van der Waals surface area contributed by atoms with Gasteiger partial charge in [0.15, 0.2) is 21.3 Å². The zero-order valence-electron chi connectivity index (χ0n) is 26.1. The topological polar surface area (TPSA) is 166 Å². The molecule has 4 N–H and O–H groups in total. The van der Waals surface area contributed by atoms with Gasteiger partial charge in [-0.25, -0.2) is 17.6 Å². The first kappa shape index (κ1) is 34.0. The Morgan fingerprint density at radius 1 is 0.978 bits per heavy atom. The number of hydrogen-bond acceptors (Lipinski definition) is 9. The van der Waals surface area contributed by atoms with Crippen LogP contribution in [0.2, 0.25) is 0 Å². The number of benzene rings is 3. The first-order valence-corrected chi connectivity index (χ1v) is 16.0. The minimum atomic E-state index is -3.82. The summed E-state index contributed by atoms with van der Waals surface area (Å²) in [4.78, 5) is 40.0. The molecular formula is C32H37FN4O8S. The SMILES string of the molecule is COC(=O)Nc1ccc(S(=O)(=O)C(C)C)c(C2CCCN2C(=O)C(Nc2cc(C(N)=O)ccc2F)c2ccc(OC)c(OC)c2)c1. The van der Waals surface area contributed by atoms with E-state index >= 15 is 4.39 Å². The number of halogens is 1. The zero-order valence-corrected chi connectivity index (χ0v) is 26.9. The van der Waals surface area contributed by atoms with E-state index in [4.69, 9.17) is 19.9 Å². The van der Waals surface area contributed by atoms with Crippen LogP contribution in [0, 0.1) is 5.82 Å². The molecular weight excluding hydrogens is 619 g/mol. The highest BCUT2D eigenvalue weighted by atomic mass is 32.2. The summed E-state index contributed by atoms with van der Waals surface area (Å²) in [5.41, 5.74) is 6.30. The number of nitrogens with zero attached hydrogens (tertiary/aromatic N) is 1. The second kappa shape index (κ2) is 14.1. The van der Waals surface area contributed by atoms with Gasteiger partial charge in [0.05, 0.1) is 43.2 Å². The van der Waals surface area contributed by atoms with Crippen molar-refractivity contribution in [3.05, 3.63) is 77.1 Å². The van der Waals surface area contributed by atoms with E-state index in [0.29, 0.717) is 35.5 Å². The van der Waals surface area contributed by atoms with E-state index in [2.05, 4.69) is 10.6 Å². The fourth-order valence-electron chi connectivity index (χ4n) is 5.35. The number of rotatable bonds is 11. The van der Waals surface area contributed by atoms with Crippen LogP contribution in [0.5, 0.6) is 11.5 Å². The standard InChI is InChI=1S/C32H37FN4O8S/c1-18(2)46(41,42)28-13-10-21(35-32(40)45-5)17-22(28)25-7-6-14-37(25)31(39)29(19-9-12-26(43-3)27(16-19)44-4)36-24-15-20(30(34)38)8-11-23(24)33/h8-13,15-18,25,29,36H,6-7,14H2,1-5H3,(H2,34,38)(H,35,40). The molecule has 246 valence electrons. The largest absolute Gasteiger partial charge is 0.493 e. The molecule has 0 aliphatic carbocycles. The lowest BCUT2D eigenvalue weighted by Crippen LogP contribution is -2.38. The monoisotopic (exact) mass is 656 g/mol. The van der Waals surface area contributed by atoms with Crippen LogP contribution in [0.3, 0.4) is 0 Å². The minimum absolute atomic E-state index is 0.0263. The predicted molar refractivity (Wildman–Crippen MR) is 169 cm³/mol. The normalized spacial score (nSPS) is 15.3. The summed E-state index contributed by atoms with van der Waals surface area (Å²) in [6.45, 7) is 3.38. The molecule has 12 nitrogen and oxygen atoms in total. The van der Waals surface area contributed by atoms with E-state index in [1.807, 2.05) is 0 Å². The van der Waals surface area contributed by atoms with Crippen molar-refractivity contribution < 1.29 is 41.4 Å². The van der Waals surface area contributed by atoms with Gasteiger partial charge in [-0.15, -0.1) is 0 Å². The molecule has 0 radical (unpaired) electrons. The lowest BCUT2D eigenvalue weighted by atomic mass is 10.00. The van der Waals surface area contributed by atoms with E-state index in [1.54, 1.807) is 32.0 Å². The summed E-state index contributed by atoms with van der Waals surface area (Å²) in [5, 5.41) is 4.73. The van der Waals surface area contributed by atoms with Crippen LogP contribution in [0.15, 0.2) is 59.5 Å². The van der Waals surface area contributed by atoms with Crippen molar-refractivity contribution in [3.8, 4) is 11.5 Å². The number of hydrogen-bond donors (Lipinski definition) is 3. The van der Waals surface area contributed by atoms with Crippen molar-refractivity contribution >= 4 is 39.1 Å². The van der Waals surface area contributed by atoms with E-state index < -0.39 is 50.9 Å². The van der Waals surface area contributed by atoms with Crippen LogP contribution in [0.25, 0.3) is 0 Å². The summed E-state index contributed by atoms with van der Waals surface area (Å²) in [5.74, 6) is -1.30. The molecule has 0 spiro atoms. The fraction of sp³-hybridized carbons (Fsp3) is 0.344. The third kappa shape index (κ3) is 7.01. The van der Waals surface area contributed by atoms with Gasteiger partial charge in [-0.2, -0.15) is 0 Å². The number of primary amides is 1. The molecule has 1 aliphatic heterocycles. The van der Waals surface area contributed by atoms with Gasteiger partial charge in [-0.05, 0) is 86.3 Å². The minimum Gasteiger partial charge on any atom is -0.493 e. The molecule has 2 atom stereocenters. The number of sulfone groups is 1. The van der Waals surface area contributed by atoms with Crippen molar-refractivity contribution in [1.82, 2.24) is 4.90 Å². The maximum absolute atomic E-state index is 15.1. The second-order valence-electron chi connectivity index (χ2n) is 10.9. The van der Waals surface area contributed by atoms with E-state index in [9.17, 15) is 22.8 Å². The lowest BCUT2D eigenvalue weighted by molar-refractivity contribution is -0.133. The van der Waals surface area contributed by atoms with Gasteiger partial charge in [0.25, 0.3) is 0 Å². The number of carbonyl (C=O) groups is 3. The third-order valence-electron chi connectivity index (χ3n) is 7.80. The van der Waals surface area contributed by atoms with Crippen LogP contribution in [0.4, 0.5) is 20.6 Å². The number of ether oxygens (including phenoxy) is 3. The summed E-state index contributed by atoms with van der Waals surface area (Å²) in [7, 11) is 0.278. The van der Waals surface area contributed by atoms with Crippen molar-refractivity contribution in [2.45, 2.75) is 48.9 Å². The smallest absolute Gasteiger partial charge is 0.411 e. The third-order valence-corrected chi connectivity index (χ3v) is 10.0. The Morgan fingerprint density at radius 2 is 1.70 bits per heavy atom. The summed E-state index contributed by atoms with van der Waals surface area (Å²) >= 11 is 0. The molecule has 0 aromatic heterocycles. The molecule has 0 bridgehead atoms. The molecule has 14 heteroatoms. The Balaban J connectivity index is 1.85. The number of amides is 3. The number of likely N-dealkylation sites (tertiary alicyclic amines) is 1. The Morgan fingerprint density at radius 3 is 2.33 bits per heavy atom. The van der Waals surface area contributed by atoms with E-state index in [0.717, 1.165) is 6.07 Å². The number of nitrogens with one attached hydrogen (secondary N) is 2. The molecule has 4 rings (SSSR count). The van der Waals surface area contributed by atoms with Crippen LogP contribution in [-0.2, 0) is 19.4 Å². The highest BCUT2D eigenvalue weighted by Crippen LogP contribution is 2.41. The zero-order chi connectivity index (χ0) is 33.8. The fourth-order valence-corrected chi connectivity index (χ4v) is 6.64. The summed E-state index contributed by atoms with van der Waals surface area (Å²) in [6.07, 6.45) is 0.205. The summed E-state index contributed by atoms with van der Waals surface area (Å²) in [6, 6.07) is 10.8. The molecule has 3 aromatic carbocycles. The van der Waals surface area contributed by atoms with Crippen LogP contribution >= 0.6 is 0 Å². The van der Waals surface area contributed by atoms with Crippen molar-refractivity contribution in [1.29, 1.82) is 0 Å². The van der Waals surface area contributed by atoms with Gasteiger partial charge in [-0.3, -0.25) is 14.9 Å². The number of anilines is 2. The van der Waals surface area contributed by atoms with E-state index in [1.165, 1.54) is 56.6 Å². The quantitative estimate of drug-likeness (QED) is 0.262. The van der Waals surface area contributed by atoms with Crippen molar-refractivity contribution in [3.63, 3.8) is 0 Å². The van der Waals surface area contributed by atoms with Crippen molar-refractivity contribution in [2.24, 2.45) is 5.73 Å². The molecule has 2 unspecified atom stereocenters. The van der Waals surface area contributed by atoms with Crippen LogP contribution in [-0.4, -0.2) is 64.3 Å². The van der Waals surface area contributed by atoms with Gasteiger partial charge < -0.3 is 30.2 Å². The first-order chi connectivity index (χ1) is 21.8. The van der Waals surface area contributed by atoms with Gasteiger partial charge in [0.2, 0.25) is 11.8 Å². The molecule has 1 heterocycles. The Labute approximate surface area is 266 Å². The number of nitrogens with two attached hydrogens (primary N) is 1. The molecule has 1 fully saturated rings. The van der Waals surface area contributed by atoms with Crippen LogP contribution < -0.4 is 25.8 Å². The Hall–Kier alpha value is -4.85. The van der Waals surface area contributed by atoms with Crippen molar-refractivity contribution in [2.75, 3.05) is 38.5 Å². The highest BCUT2D eigenvalue weighted by Gasteiger charge is 2.38. The van der Waals surface area contributed by atoms with Gasteiger partial charge >= 0.3 is 6.09 Å². The van der Waals surface area contributed by atoms with Gasteiger partial charge in [0, 0.05) is 17.8 Å². The average molecular weight is 657 g/mol. The molecule has 0 saturated carbocycles. The number of methoxy groups -OCH3 is 3. The second-order valence-corrected chi connectivity index (χ2v) is 13.4. The molecule has 1 saturated heterocycles. The van der Waals surface area contributed by atoms with E-state index in [-0.39, 0.29) is 28.4 Å². The Kier molecular flexibility index (Phi) is 10.4. The highest BCUT2D eigenvalue weighted by molar-refractivity contribution is 7.92. The average Bonchev–Trinajstić information content (AvgIpc) is 3.53.